The zero-order valence-electron chi connectivity index (χ0n) is 15.3. The number of thiazole rings is 1. The third kappa shape index (κ3) is 4.27. The van der Waals surface area contributed by atoms with Gasteiger partial charge in [0.2, 0.25) is 5.91 Å². The molecule has 26 heavy (non-hydrogen) atoms. The highest BCUT2D eigenvalue weighted by atomic mass is 32.2. The molecule has 1 aliphatic rings. The molecule has 138 valence electrons. The molecule has 1 aromatic carbocycles. The number of carbonyl (C=O) groups is 2. The van der Waals surface area contributed by atoms with E-state index in [1.54, 1.807) is 47.0 Å². The van der Waals surface area contributed by atoms with Crippen LogP contribution in [0.2, 0.25) is 0 Å². The van der Waals surface area contributed by atoms with Crippen molar-refractivity contribution in [2.24, 2.45) is 0 Å². The van der Waals surface area contributed by atoms with Crippen LogP contribution in [0.3, 0.4) is 0 Å². The Morgan fingerprint density at radius 2 is 2.04 bits per heavy atom. The second-order valence-corrected chi connectivity index (χ2v) is 8.71. The molecule has 0 aliphatic carbocycles. The summed E-state index contributed by atoms with van der Waals surface area (Å²) in [5.41, 5.74) is 2.84. The first-order valence-corrected chi connectivity index (χ1v) is 10.5. The quantitative estimate of drug-likeness (QED) is 0.735. The van der Waals surface area contributed by atoms with Gasteiger partial charge in [-0.2, -0.15) is 0 Å². The van der Waals surface area contributed by atoms with Gasteiger partial charge in [0.15, 0.2) is 0 Å². The minimum Gasteiger partial charge on any atom is -0.347 e. The summed E-state index contributed by atoms with van der Waals surface area (Å²) in [6, 6.07) is 7.36. The van der Waals surface area contributed by atoms with Crippen LogP contribution >= 0.6 is 23.1 Å². The third-order valence-corrected chi connectivity index (χ3v) is 6.61. The number of amides is 2. The molecule has 1 aromatic heterocycles. The largest absolute Gasteiger partial charge is 0.347 e. The summed E-state index contributed by atoms with van der Waals surface area (Å²) in [7, 11) is 3.47. The maximum absolute atomic E-state index is 12.8. The topological polar surface area (TPSA) is 53.5 Å². The summed E-state index contributed by atoms with van der Waals surface area (Å²) in [5, 5.41) is 2.05. The summed E-state index contributed by atoms with van der Waals surface area (Å²) < 4.78 is 1.06. The van der Waals surface area contributed by atoms with Crippen molar-refractivity contribution in [3.63, 3.8) is 0 Å². The maximum Gasteiger partial charge on any atom is 0.254 e. The van der Waals surface area contributed by atoms with Gasteiger partial charge in [0, 0.05) is 43.0 Å². The van der Waals surface area contributed by atoms with Crippen LogP contribution in [0.4, 0.5) is 0 Å². The smallest absolute Gasteiger partial charge is 0.254 e. The van der Waals surface area contributed by atoms with E-state index in [1.807, 2.05) is 36.6 Å². The van der Waals surface area contributed by atoms with Gasteiger partial charge in [-0.1, -0.05) is 23.9 Å². The number of aryl methyl sites for hydroxylation is 1. The fourth-order valence-corrected chi connectivity index (χ4v) is 4.82. The van der Waals surface area contributed by atoms with E-state index in [0.717, 1.165) is 34.2 Å². The number of nitrogens with zero attached hydrogens (tertiary/aromatic N) is 3. The van der Waals surface area contributed by atoms with E-state index in [1.165, 1.54) is 0 Å². The Kier molecular flexibility index (Phi) is 5.98. The molecule has 0 N–H and O–H groups in total. The van der Waals surface area contributed by atoms with E-state index < -0.39 is 0 Å². The van der Waals surface area contributed by atoms with Crippen LogP contribution in [-0.4, -0.2) is 53.3 Å². The van der Waals surface area contributed by atoms with Crippen molar-refractivity contribution in [2.75, 3.05) is 20.6 Å². The molecule has 5 nitrogen and oxygen atoms in total. The molecule has 1 atom stereocenters. The molecular weight excluding hydrogens is 366 g/mol. The molecule has 0 spiro atoms. The lowest BCUT2D eigenvalue weighted by molar-refractivity contribution is -0.132. The minimum absolute atomic E-state index is 0.00242. The Hall–Kier alpha value is -1.86. The van der Waals surface area contributed by atoms with Crippen LogP contribution in [0, 0.1) is 6.92 Å². The molecule has 2 amide bonds. The van der Waals surface area contributed by atoms with Gasteiger partial charge in [-0.3, -0.25) is 9.59 Å². The van der Waals surface area contributed by atoms with Crippen LogP contribution in [0.25, 0.3) is 0 Å². The van der Waals surface area contributed by atoms with Crippen molar-refractivity contribution in [1.29, 1.82) is 0 Å². The number of hydrogen-bond donors (Lipinski definition) is 0. The van der Waals surface area contributed by atoms with Gasteiger partial charge in [0.25, 0.3) is 5.91 Å². The Bertz CT molecular complexity index is 786. The molecule has 1 unspecified atom stereocenters. The van der Waals surface area contributed by atoms with Crippen molar-refractivity contribution >= 4 is 34.9 Å². The van der Waals surface area contributed by atoms with Crippen molar-refractivity contribution in [1.82, 2.24) is 14.8 Å². The fourth-order valence-electron chi connectivity index (χ4n) is 3.02. The highest BCUT2D eigenvalue weighted by Crippen LogP contribution is 2.26. The summed E-state index contributed by atoms with van der Waals surface area (Å²) in [4.78, 5) is 32.8. The molecule has 2 heterocycles. The highest BCUT2D eigenvalue weighted by Gasteiger charge is 2.35. The SMILES string of the molecule is Cc1csc(SCc2ccc(C(=O)N3CCCC3C(=O)N(C)C)cc2)n1. The van der Waals surface area contributed by atoms with Crippen LogP contribution in [0.5, 0.6) is 0 Å². The fraction of sp³-hybridized carbons (Fsp3) is 0.421. The van der Waals surface area contributed by atoms with Crippen LogP contribution in [-0.2, 0) is 10.5 Å². The number of hydrogen-bond acceptors (Lipinski definition) is 5. The second-order valence-electron chi connectivity index (χ2n) is 6.63. The van der Waals surface area contributed by atoms with Gasteiger partial charge in [-0.25, -0.2) is 4.98 Å². The zero-order valence-corrected chi connectivity index (χ0v) is 16.9. The number of likely N-dealkylation sites (N-methyl/N-ethyl adjacent to an activating group) is 1. The molecular formula is C19H23N3O2S2. The molecule has 2 aromatic rings. The minimum atomic E-state index is -0.333. The van der Waals surface area contributed by atoms with E-state index in [9.17, 15) is 9.59 Å². The van der Waals surface area contributed by atoms with Gasteiger partial charge in [0.05, 0.1) is 0 Å². The third-order valence-electron chi connectivity index (χ3n) is 4.40. The number of carbonyl (C=O) groups excluding carboxylic acids is 2. The van der Waals surface area contributed by atoms with Crippen LogP contribution < -0.4 is 0 Å². The lowest BCUT2D eigenvalue weighted by Gasteiger charge is -2.26. The van der Waals surface area contributed by atoms with Crippen molar-refractivity contribution in [3.05, 3.63) is 46.5 Å². The van der Waals surface area contributed by atoms with E-state index in [0.29, 0.717) is 12.1 Å². The molecule has 0 bridgehead atoms. The summed E-state index contributed by atoms with van der Waals surface area (Å²) in [5.74, 6) is 0.771. The summed E-state index contributed by atoms with van der Waals surface area (Å²) >= 11 is 3.36. The number of likely N-dealkylation sites (tertiary alicyclic amines) is 1. The van der Waals surface area contributed by atoms with E-state index in [2.05, 4.69) is 4.98 Å². The first kappa shape index (κ1) is 18.9. The van der Waals surface area contributed by atoms with Crippen molar-refractivity contribution < 1.29 is 9.59 Å². The summed E-state index contributed by atoms with van der Waals surface area (Å²) in [6.07, 6.45) is 1.61. The second kappa shape index (κ2) is 8.22. The number of aromatic nitrogens is 1. The Labute approximate surface area is 162 Å². The predicted molar refractivity (Wildman–Crippen MR) is 106 cm³/mol. The van der Waals surface area contributed by atoms with Crippen molar-refractivity contribution in [2.45, 2.75) is 35.9 Å². The molecule has 0 saturated carbocycles. The number of benzene rings is 1. The monoisotopic (exact) mass is 389 g/mol. The van der Waals surface area contributed by atoms with Gasteiger partial charge >= 0.3 is 0 Å². The van der Waals surface area contributed by atoms with Gasteiger partial charge in [0.1, 0.15) is 10.4 Å². The number of rotatable bonds is 5. The molecule has 7 heteroatoms. The first-order chi connectivity index (χ1) is 12.5. The standard InChI is InChI=1S/C19H23N3O2S2/c1-13-11-25-19(20-13)26-12-14-6-8-15(9-7-14)17(23)22-10-4-5-16(22)18(24)21(2)3/h6-9,11,16H,4-5,10,12H2,1-3H3. The van der Waals surface area contributed by atoms with E-state index in [-0.39, 0.29) is 17.9 Å². The average Bonchev–Trinajstić information content (AvgIpc) is 3.28. The molecule has 3 rings (SSSR count). The van der Waals surface area contributed by atoms with Gasteiger partial charge in [-0.15, -0.1) is 11.3 Å². The number of thioether (sulfide) groups is 1. The maximum atomic E-state index is 12.8. The van der Waals surface area contributed by atoms with E-state index in [4.69, 9.17) is 0 Å². The average molecular weight is 390 g/mol. The zero-order chi connectivity index (χ0) is 18.7. The van der Waals surface area contributed by atoms with Crippen LogP contribution in [0.1, 0.15) is 34.5 Å². The molecule has 0 radical (unpaired) electrons. The van der Waals surface area contributed by atoms with Gasteiger partial charge < -0.3 is 9.80 Å². The molecule has 1 fully saturated rings. The van der Waals surface area contributed by atoms with Crippen molar-refractivity contribution in [3.8, 4) is 0 Å². The Balaban J connectivity index is 1.64. The molecule has 1 aliphatic heterocycles. The highest BCUT2D eigenvalue weighted by molar-refractivity contribution is 8.00. The lowest BCUT2D eigenvalue weighted by atomic mass is 10.1. The van der Waals surface area contributed by atoms with Crippen LogP contribution in [0.15, 0.2) is 34.0 Å². The Morgan fingerprint density at radius 3 is 2.65 bits per heavy atom. The summed E-state index contributed by atoms with van der Waals surface area (Å²) in [6.45, 7) is 2.64. The lowest BCUT2D eigenvalue weighted by Crippen LogP contribution is -2.45. The predicted octanol–water partition coefficient (Wildman–Crippen LogP) is 3.44. The first-order valence-electron chi connectivity index (χ1n) is 8.61. The van der Waals surface area contributed by atoms with Gasteiger partial charge in [-0.05, 0) is 37.5 Å². The van der Waals surface area contributed by atoms with E-state index >= 15 is 0 Å². The Morgan fingerprint density at radius 1 is 1.31 bits per heavy atom. The normalized spacial score (nSPS) is 16.7. The molecule has 1 saturated heterocycles.